The van der Waals surface area contributed by atoms with Gasteiger partial charge in [0.1, 0.15) is 5.75 Å². The highest BCUT2D eigenvalue weighted by molar-refractivity contribution is 5.79. The average Bonchev–Trinajstić information content (AvgIpc) is 3.04. The maximum atomic E-state index is 5.33. The molecule has 0 aliphatic heterocycles. The maximum absolute atomic E-state index is 5.33. The van der Waals surface area contributed by atoms with Gasteiger partial charge in [-0.1, -0.05) is 18.2 Å². The molecule has 0 spiro atoms. The molecule has 0 unspecified atom stereocenters. The quantitative estimate of drug-likeness (QED) is 0.620. The van der Waals surface area contributed by atoms with Gasteiger partial charge in [-0.3, -0.25) is 4.99 Å². The van der Waals surface area contributed by atoms with Crippen LogP contribution in [0.1, 0.15) is 5.56 Å². The fourth-order valence-electron chi connectivity index (χ4n) is 1.97. The summed E-state index contributed by atoms with van der Waals surface area (Å²) in [6, 6.07) is 7.94. The molecule has 0 amide bonds. The molecule has 0 saturated heterocycles. The minimum atomic E-state index is 0.661. The van der Waals surface area contributed by atoms with Crippen LogP contribution in [0.3, 0.4) is 0 Å². The first kappa shape index (κ1) is 14.9. The summed E-state index contributed by atoms with van der Waals surface area (Å²) < 4.78 is 7.35. The zero-order chi connectivity index (χ0) is 14.9. The average molecular weight is 287 g/mol. The number of imidazole rings is 1. The van der Waals surface area contributed by atoms with Gasteiger partial charge in [0.25, 0.3) is 0 Å². The zero-order valence-corrected chi connectivity index (χ0v) is 12.4. The Hall–Kier alpha value is -2.50. The summed E-state index contributed by atoms with van der Waals surface area (Å²) in [6.07, 6.45) is 5.51. The number of nitrogens with zero attached hydrogens (tertiary/aromatic N) is 3. The molecule has 0 aliphatic carbocycles. The Morgan fingerprint density at radius 2 is 2.19 bits per heavy atom. The van der Waals surface area contributed by atoms with E-state index in [0.29, 0.717) is 6.54 Å². The number of guanidine groups is 1. The number of benzene rings is 1. The molecule has 6 nitrogen and oxygen atoms in total. The van der Waals surface area contributed by atoms with Crippen molar-refractivity contribution in [1.29, 1.82) is 0 Å². The van der Waals surface area contributed by atoms with Crippen molar-refractivity contribution in [2.45, 2.75) is 13.1 Å². The number of hydrogen-bond donors (Lipinski definition) is 2. The zero-order valence-electron chi connectivity index (χ0n) is 12.4. The second kappa shape index (κ2) is 7.94. The lowest BCUT2D eigenvalue weighted by Crippen LogP contribution is -2.38. The smallest absolute Gasteiger partial charge is 0.191 e. The molecule has 0 saturated carbocycles. The van der Waals surface area contributed by atoms with Crippen LogP contribution in [0.2, 0.25) is 0 Å². The number of aliphatic imine (C=N–C) groups is 1. The van der Waals surface area contributed by atoms with Gasteiger partial charge in [0.2, 0.25) is 0 Å². The van der Waals surface area contributed by atoms with E-state index in [1.54, 1.807) is 26.7 Å². The van der Waals surface area contributed by atoms with Gasteiger partial charge in [-0.05, 0) is 6.07 Å². The molecule has 0 atom stereocenters. The van der Waals surface area contributed by atoms with Crippen LogP contribution in [0.5, 0.6) is 5.75 Å². The number of methoxy groups -OCH3 is 1. The van der Waals surface area contributed by atoms with Gasteiger partial charge in [0.15, 0.2) is 5.96 Å². The van der Waals surface area contributed by atoms with Crippen LogP contribution in [-0.2, 0) is 13.1 Å². The van der Waals surface area contributed by atoms with E-state index in [-0.39, 0.29) is 0 Å². The summed E-state index contributed by atoms with van der Waals surface area (Å²) in [7, 11) is 3.44. The molecule has 0 fully saturated rings. The Bertz CT molecular complexity index is 565. The van der Waals surface area contributed by atoms with E-state index in [9.17, 15) is 0 Å². The highest BCUT2D eigenvalue weighted by atomic mass is 16.5. The number of rotatable bonds is 6. The predicted molar refractivity (Wildman–Crippen MR) is 83.4 cm³/mol. The van der Waals surface area contributed by atoms with Crippen LogP contribution in [-0.4, -0.2) is 36.2 Å². The van der Waals surface area contributed by atoms with Gasteiger partial charge < -0.3 is 19.9 Å². The van der Waals surface area contributed by atoms with Gasteiger partial charge >= 0.3 is 0 Å². The summed E-state index contributed by atoms with van der Waals surface area (Å²) in [6.45, 7) is 2.28. The van der Waals surface area contributed by atoms with Crippen LogP contribution in [0.15, 0.2) is 48.0 Å². The van der Waals surface area contributed by atoms with E-state index in [1.165, 1.54) is 0 Å². The summed E-state index contributed by atoms with van der Waals surface area (Å²) >= 11 is 0. The number of nitrogens with one attached hydrogen (secondary N) is 2. The molecule has 0 bridgehead atoms. The number of ether oxygens (including phenoxy) is 1. The summed E-state index contributed by atoms with van der Waals surface area (Å²) in [5, 5.41) is 6.54. The van der Waals surface area contributed by atoms with Crippen molar-refractivity contribution in [1.82, 2.24) is 20.2 Å². The van der Waals surface area contributed by atoms with E-state index in [1.807, 2.05) is 35.0 Å². The molecule has 2 N–H and O–H groups in total. The van der Waals surface area contributed by atoms with Crippen LogP contribution in [0.4, 0.5) is 0 Å². The van der Waals surface area contributed by atoms with E-state index < -0.39 is 0 Å². The normalized spacial score (nSPS) is 11.2. The topological polar surface area (TPSA) is 63.5 Å². The number of para-hydroxylation sites is 1. The molecule has 0 aliphatic rings. The largest absolute Gasteiger partial charge is 0.496 e. The Morgan fingerprint density at radius 3 is 2.90 bits per heavy atom. The molecule has 0 radical (unpaired) electrons. The Labute approximate surface area is 124 Å². The van der Waals surface area contributed by atoms with Crippen molar-refractivity contribution in [3.63, 3.8) is 0 Å². The Kier molecular flexibility index (Phi) is 5.63. The van der Waals surface area contributed by atoms with E-state index in [4.69, 9.17) is 4.74 Å². The van der Waals surface area contributed by atoms with Crippen molar-refractivity contribution in [2.24, 2.45) is 4.99 Å². The Morgan fingerprint density at radius 1 is 1.33 bits per heavy atom. The highest BCUT2D eigenvalue weighted by Gasteiger charge is 2.03. The maximum Gasteiger partial charge on any atom is 0.191 e. The molecule has 112 valence electrons. The van der Waals surface area contributed by atoms with Crippen molar-refractivity contribution in [2.75, 3.05) is 20.7 Å². The lowest BCUT2D eigenvalue weighted by Gasteiger charge is -2.13. The van der Waals surface area contributed by atoms with Crippen molar-refractivity contribution in [3.8, 4) is 5.75 Å². The second-order valence-electron chi connectivity index (χ2n) is 4.46. The summed E-state index contributed by atoms with van der Waals surface area (Å²) in [4.78, 5) is 8.22. The van der Waals surface area contributed by atoms with Crippen molar-refractivity contribution >= 4 is 5.96 Å². The highest BCUT2D eigenvalue weighted by Crippen LogP contribution is 2.16. The molecule has 6 heteroatoms. The predicted octanol–water partition coefficient (Wildman–Crippen LogP) is 1.26. The van der Waals surface area contributed by atoms with Gasteiger partial charge in [0.05, 0.1) is 13.4 Å². The third-order valence-electron chi connectivity index (χ3n) is 3.08. The lowest BCUT2D eigenvalue weighted by molar-refractivity contribution is 0.409. The standard InChI is InChI=1S/C15H21N5O/c1-16-15(18-8-10-20-9-7-17-12-20)19-11-13-5-3-4-6-14(13)21-2/h3-7,9,12H,8,10-11H2,1-2H3,(H2,16,18,19). The fraction of sp³-hybridized carbons (Fsp3) is 0.333. The van der Waals surface area contributed by atoms with E-state index in [2.05, 4.69) is 20.6 Å². The van der Waals surface area contributed by atoms with E-state index in [0.717, 1.165) is 30.4 Å². The molecular formula is C15H21N5O. The summed E-state index contributed by atoms with van der Waals surface area (Å²) in [5.41, 5.74) is 1.09. The van der Waals surface area contributed by atoms with Gasteiger partial charge in [-0.2, -0.15) is 0 Å². The fourth-order valence-corrected chi connectivity index (χ4v) is 1.97. The molecule has 2 aromatic rings. The molecule has 21 heavy (non-hydrogen) atoms. The third kappa shape index (κ3) is 4.52. The van der Waals surface area contributed by atoms with Crippen molar-refractivity contribution in [3.05, 3.63) is 48.5 Å². The lowest BCUT2D eigenvalue weighted by atomic mass is 10.2. The van der Waals surface area contributed by atoms with Gasteiger partial charge in [-0.25, -0.2) is 4.98 Å². The van der Waals surface area contributed by atoms with Crippen LogP contribution in [0, 0.1) is 0 Å². The molecule has 2 rings (SSSR count). The minimum Gasteiger partial charge on any atom is -0.496 e. The number of hydrogen-bond acceptors (Lipinski definition) is 3. The summed E-state index contributed by atoms with van der Waals surface area (Å²) in [5.74, 6) is 1.64. The van der Waals surface area contributed by atoms with Gasteiger partial charge in [0, 0.05) is 44.6 Å². The molecule has 1 aromatic heterocycles. The molecular weight excluding hydrogens is 266 g/mol. The Balaban J connectivity index is 1.80. The second-order valence-corrected chi connectivity index (χ2v) is 4.46. The molecule has 1 aromatic carbocycles. The minimum absolute atomic E-state index is 0.661. The third-order valence-corrected chi connectivity index (χ3v) is 3.08. The SMILES string of the molecule is CN=C(NCCn1ccnc1)NCc1ccccc1OC. The first-order chi connectivity index (χ1) is 10.3. The first-order valence-corrected chi connectivity index (χ1v) is 6.85. The number of aromatic nitrogens is 2. The van der Waals surface area contributed by atoms with Crippen LogP contribution < -0.4 is 15.4 Å². The first-order valence-electron chi connectivity index (χ1n) is 6.85. The van der Waals surface area contributed by atoms with E-state index >= 15 is 0 Å². The van der Waals surface area contributed by atoms with Crippen molar-refractivity contribution < 1.29 is 4.74 Å². The van der Waals surface area contributed by atoms with Crippen LogP contribution in [0.25, 0.3) is 0 Å². The monoisotopic (exact) mass is 287 g/mol. The van der Waals surface area contributed by atoms with Crippen LogP contribution >= 0.6 is 0 Å². The van der Waals surface area contributed by atoms with Gasteiger partial charge in [-0.15, -0.1) is 0 Å². The molecule has 1 heterocycles.